The van der Waals surface area contributed by atoms with Gasteiger partial charge in [-0.25, -0.2) is 0 Å². The van der Waals surface area contributed by atoms with E-state index < -0.39 is 16.0 Å². The summed E-state index contributed by atoms with van der Waals surface area (Å²) in [5.41, 5.74) is 2.58. The van der Waals surface area contributed by atoms with E-state index in [1.165, 1.54) is 0 Å². The average molecular weight is 253 g/mol. The molecule has 90 valence electrons. The first-order valence-electron chi connectivity index (χ1n) is 5.23. The van der Waals surface area contributed by atoms with Crippen molar-refractivity contribution in [3.05, 3.63) is 41.6 Å². The zero-order valence-corrected chi connectivity index (χ0v) is 10.2. The van der Waals surface area contributed by atoms with E-state index in [9.17, 15) is 12.3 Å². The van der Waals surface area contributed by atoms with E-state index in [2.05, 4.69) is 4.98 Å². The lowest BCUT2D eigenvalue weighted by Gasteiger charge is -2.02. The molecule has 0 N–H and O–H groups in total. The van der Waals surface area contributed by atoms with Crippen molar-refractivity contribution in [3.63, 3.8) is 0 Å². The molecule has 3 nitrogen and oxygen atoms in total. The number of pyridine rings is 1. The lowest BCUT2D eigenvalue weighted by molar-refractivity contribution is 0.551. The van der Waals surface area contributed by atoms with E-state index in [4.69, 9.17) is 0 Å². The minimum absolute atomic E-state index is 0.183. The van der Waals surface area contributed by atoms with Crippen molar-refractivity contribution in [2.45, 2.75) is 13.3 Å². The molecular weight excluding hydrogens is 241 g/mol. The molecule has 0 bridgehead atoms. The highest BCUT2D eigenvalue weighted by Crippen LogP contribution is 2.15. The summed E-state index contributed by atoms with van der Waals surface area (Å²) in [5, 5.41) is 0.935. The fourth-order valence-electron chi connectivity index (χ4n) is 1.67. The van der Waals surface area contributed by atoms with Crippen LogP contribution in [0.4, 0.5) is 3.89 Å². The van der Waals surface area contributed by atoms with Gasteiger partial charge in [-0.05, 0) is 37.1 Å². The first-order chi connectivity index (χ1) is 7.94. The number of fused-ring (bicyclic) bond motifs is 1. The number of aromatic nitrogens is 1. The molecule has 17 heavy (non-hydrogen) atoms. The number of halogens is 1. The molecule has 0 saturated carbocycles. The van der Waals surface area contributed by atoms with Crippen molar-refractivity contribution < 1.29 is 12.3 Å². The Morgan fingerprint density at radius 2 is 2.00 bits per heavy atom. The van der Waals surface area contributed by atoms with Gasteiger partial charge < -0.3 is 0 Å². The molecule has 1 heterocycles. The Morgan fingerprint density at radius 1 is 1.24 bits per heavy atom. The van der Waals surface area contributed by atoms with Crippen LogP contribution in [0.1, 0.15) is 11.3 Å². The molecule has 0 fully saturated rings. The van der Waals surface area contributed by atoms with Gasteiger partial charge in [-0.2, -0.15) is 8.42 Å². The SMILES string of the molecule is Cc1ccc2cc(CCS(=O)(=O)F)ccc2n1. The van der Waals surface area contributed by atoms with Crippen molar-refractivity contribution >= 4 is 21.1 Å². The first-order valence-corrected chi connectivity index (χ1v) is 6.78. The first kappa shape index (κ1) is 12.0. The van der Waals surface area contributed by atoms with Gasteiger partial charge >= 0.3 is 10.2 Å². The number of rotatable bonds is 3. The van der Waals surface area contributed by atoms with Gasteiger partial charge in [0.25, 0.3) is 0 Å². The predicted molar refractivity (Wildman–Crippen MR) is 65.1 cm³/mol. The Kier molecular flexibility index (Phi) is 3.11. The maximum Gasteiger partial charge on any atom is 0.302 e. The van der Waals surface area contributed by atoms with Crippen LogP contribution in [0.3, 0.4) is 0 Å². The minimum atomic E-state index is -4.40. The van der Waals surface area contributed by atoms with Crippen LogP contribution in [0.2, 0.25) is 0 Å². The largest absolute Gasteiger partial charge is 0.302 e. The number of hydrogen-bond donors (Lipinski definition) is 0. The lowest BCUT2D eigenvalue weighted by Crippen LogP contribution is -2.02. The van der Waals surface area contributed by atoms with Gasteiger partial charge in [0.2, 0.25) is 0 Å². The molecule has 0 aliphatic carbocycles. The molecule has 0 aliphatic heterocycles. The molecule has 2 rings (SSSR count). The average Bonchev–Trinajstić information content (AvgIpc) is 2.25. The normalized spacial score (nSPS) is 11.9. The Labute approximate surface area is 99.5 Å². The van der Waals surface area contributed by atoms with Gasteiger partial charge in [-0.3, -0.25) is 4.98 Å². The standard InChI is InChI=1S/C12H12FNO2S/c1-9-2-4-11-8-10(3-5-12(11)14-9)6-7-17(13,15)16/h2-5,8H,6-7H2,1H3. The third-order valence-corrected chi connectivity index (χ3v) is 3.22. The molecular formula is C12H12FNO2S. The van der Waals surface area contributed by atoms with Gasteiger partial charge in [0.15, 0.2) is 0 Å². The van der Waals surface area contributed by atoms with Crippen molar-refractivity contribution in [2.75, 3.05) is 5.75 Å². The monoisotopic (exact) mass is 253 g/mol. The second kappa shape index (κ2) is 4.41. The topological polar surface area (TPSA) is 47.0 Å². The smallest absolute Gasteiger partial charge is 0.253 e. The number of benzene rings is 1. The maximum atomic E-state index is 12.4. The van der Waals surface area contributed by atoms with Crippen LogP contribution in [0.5, 0.6) is 0 Å². The Morgan fingerprint density at radius 3 is 2.71 bits per heavy atom. The molecule has 0 unspecified atom stereocenters. The van der Waals surface area contributed by atoms with Crippen molar-refractivity contribution in [1.82, 2.24) is 4.98 Å². The summed E-state index contributed by atoms with van der Waals surface area (Å²) in [7, 11) is -4.40. The Hall–Kier alpha value is -1.49. The van der Waals surface area contributed by atoms with Crippen LogP contribution in [0.15, 0.2) is 30.3 Å². The molecule has 1 aromatic heterocycles. The molecule has 1 aromatic carbocycles. The van der Waals surface area contributed by atoms with Crippen LogP contribution in [0, 0.1) is 6.92 Å². The van der Waals surface area contributed by atoms with Crippen LogP contribution in [-0.4, -0.2) is 19.2 Å². The number of aryl methyl sites for hydroxylation is 2. The van der Waals surface area contributed by atoms with E-state index in [1.54, 1.807) is 6.07 Å². The summed E-state index contributed by atoms with van der Waals surface area (Å²) in [4.78, 5) is 4.33. The molecule has 0 aliphatic rings. The molecule has 5 heteroatoms. The number of nitrogens with zero attached hydrogens (tertiary/aromatic N) is 1. The second-order valence-corrected chi connectivity index (χ2v) is 5.46. The van der Waals surface area contributed by atoms with Crippen molar-refractivity contribution in [1.29, 1.82) is 0 Å². The summed E-state index contributed by atoms with van der Waals surface area (Å²) in [6.45, 7) is 1.91. The fourth-order valence-corrected chi connectivity index (χ4v) is 2.15. The molecule has 0 spiro atoms. The van der Waals surface area contributed by atoms with Gasteiger partial charge in [0.05, 0.1) is 11.3 Å². The third-order valence-electron chi connectivity index (χ3n) is 2.53. The predicted octanol–water partition coefficient (Wildman–Crippen LogP) is 2.39. The molecule has 0 saturated heterocycles. The zero-order valence-electron chi connectivity index (χ0n) is 9.35. The highest BCUT2D eigenvalue weighted by Gasteiger charge is 2.07. The van der Waals surface area contributed by atoms with Crippen molar-refractivity contribution in [3.8, 4) is 0 Å². The highest BCUT2D eigenvalue weighted by atomic mass is 32.3. The van der Waals surface area contributed by atoms with E-state index >= 15 is 0 Å². The second-order valence-electron chi connectivity index (χ2n) is 3.97. The maximum absolute atomic E-state index is 12.4. The van der Waals surface area contributed by atoms with Gasteiger partial charge in [0, 0.05) is 11.1 Å². The fraction of sp³-hybridized carbons (Fsp3) is 0.250. The lowest BCUT2D eigenvalue weighted by atomic mass is 10.1. The summed E-state index contributed by atoms with van der Waals surface area (Å²) in [6.07, 6.45) is 0.183. The van der Waals surface area contributed by atoms with E-state index in [0.29, 0.717) is 0 Å². The number of hydrogen-bond acceptors (Lipinski definition) is 3. The summed E-state index contributed by atoms with van der Waals surface area (Å²) in [6, 6.07) is 9.25. The summed E-state index contributed by atoms with van der Waals surface area (Å²) in [5.74, 6) is -0.474. The van der Waals surface area contributed by atoms with E-state index in [-0.39, 0.29) is 6.42 Å². The Bertz CT molecular complexity index is 653. The molecule has 0 radical (unpaired) electrons. The quantitative estimate of drug-likeness (QED) is 0.789. The van der Waals surface area contributed by atoms with Gasteiger partial charge in [-0.1, -0.05) is 12.1 Å². The van der Waals surface area contributed by atoms with Crippen LogP contribution < -0.4 is 0 Å². The van der Waals surface area contributed by atoms with Crippen molar-refractivity contribution in [2.24, 2.45) is 0 Å². The third kappa shape index (κ3) is 3.23. The molecule has 2 aromatic rings. The molecule has 0 amide bonds. The minimum Gasteiger partial charge on any atom is -0.253 e. The van der Waals surface area contributed by atoms with Crippen LogP contribution >= 0.6 is 0 Å². The summed E-state index contributed by atoms with van der Waals surface area (Å²) < 4.78 is 33.3. The Balaban J connectivity index is 2.29. The summed E-state index contributed by atoms with van der Waals surface area (Å²) >= 11 is 0. The van der Waals surface area contributed by atoms with Crippen LogP contribution in [0.25, 0.3) is 10.9 Å². The van der Waals surface area contributed by atoms with Gasteiger partial charge in [-0.15, -0.1) is 3.89 Å². The van der Waals surface area contributed by atoms with E-state index in [1.807, 2.05) is 31.2 Å². The molecule has 0 atom stereocenters. The van der Waals surface area contributed by atoms with Gasteiger partial charge in [0.1, 0.15) is 0 Å². The highest BCUT2D eigenvalue weighted by molar-refractivity contribution is 7.86. The zero-order chi connectivity index (χ0) is 12.5. The van der Waals surface area contributed by atoms with Crippen LogP contribution in [-0.2, 0) is 16.6 Å². The van der Waals surface area contributed by atoms with E-state index in [0.717, 1.165) is 22.2 Å².